The van der Waals surface area contributed by atoms with Crippen LogP contribution in [0.25, 0.3) is 0 Å². The van der Waals surface area contributed by atoms with E-state index in [0.29, 0.717) is 11.7 Å². The molecule has 1 atom stereocenters. The zero-order valence-electron chi connectivity index (χ0n) is 13.0. The highest BCUT2D eigenvalue weighted by atomic mass is 19.1. The van der Waals surface area contributed by atoms with Crippen molar-refractivity contribution in [1.29, 1.82) is 0 Å². The molecule has 1 aliphatic rings. The fourth-order valence-corrected chi connectivity index (χ4v) is 2.79. The van der Waals surface area contributed by atoms with Gasteiger partial charge < -0.3 is 10.2 Å². The molecule has 1 aromatic heterocycles. The number of nitrogens with zero attached hydrogens (tertiary/aromatic N) is 3. The molecule has 6 heteroatoms. The number of benzene rings is 1. The number of rotatable bonds is 3. The second-order valence-corrected chi connectivity index (χ2v) is 5.90. The number of halogens is 1. The summed E-state index contributed by atoms with van der Waals surface area (Å²) >= 11 is 0. The first kappa shape index (κ1) is 15.4. The molecule has 1 aliphatic heterocycles. The van der Waals surface area contributed by atoms with Gasteiger partial charge in [0.15, 0.2) is 11.6 Å². The van der Waals surface area contributed by atoms with Crippen molar-refractivity contribution in [2.75, 3.05) is 23.3 Å². The Balaban J connectivity index is 1.68. The van der Waals surface area contributed by atoms with Crippen LogP contribution >= 0.6 is 0 Å². The molecule has 0 aliphatic carbocycles. The Kier molecular flexibility index (Phi) is 4.50. The van der Waals surface area contributed by atoms with Crippen LogP contribution in [-0.2, 0) is 0 Å². The Morgan fingerprint density at radius 3 is 2.78 bits per heavy atom. The highest BCUT2D eigenvalue weighted by molar-refractivity contribution is 6.03. The Labute approximate surface area is 134 Å². The Bertz CT molecular complexity index is 689. The van der Waals surface area contributed by atoms with Crippen molar-refractivity contribution in [3.8, 4) is 0 Å². The van der Waals surface area contributed by atoms with Crippen molar-refractivity contribution in [3.63, 3.8) is 0 Å². The predicted octanol–water partition coefficient (Wildman–Crippen LogP) is 3.10. The van der Waals surface area contributed by atoms with Gasteiger partial charge in [-0.05, 0) is 43.0 Å². The number of nitrogens with one attached hydrogen (secondary N) is 1. The van der Waals surface area contributed by atoms with E-state index in [1.807, 2.05) is 6.07 Å². The molecule has 2 heterocycles. The summed E-state index contributed by atoms with van der Waals surface area (Å²) in [6.45, 7) is 4.16. The van der Waals surface area contributed by atoms with E-state index in [9.17, 15) is 9.18 Å². The van der Waals surface area contributed by atoms with Gasteiger partial charge in [-0.15, -0.1) is 10.2 Å². The molecule has 1 aromatic carbocycles. The van der Waals surface area contributed by atoms with Gasteiger partial charge in [-0.25, -0.2) is 4.39 Å². The molecule has 1 N–H and O–H groups in total. The monoisotopic (exact) mass is 314 g/mol. The summed E-state index contributed by atoms with van der Waals surface area (Å²) in [6, 6.07) is 9.37. The minimum absolute atomic E-state index is 0.0109. The zero-order chi connectivity index (χ0) is 16.2. The van der Waals surface area contributed by atoms with Crippen molar-refractivity contribution < 1.29 is 9.18 Å². The minimum Gasteiger partial charge on any atom is -0.355 e. The molecule has 1 amide bonds. The van der Waals surface area contributed by atoms with E-state index in [1.165, 1.54) is 18.6 Å². The molecule has 1 fully saturated rings. The maximum absolute atomic E-state index is 13.6. The fourth-order valence-electron chi connectivity index (χ4n) is 2.79. The lowest BCUT2D eigenvalue weighted by atomic mass is 10.0. The maximum Gasteiger partial charge on any atom is 0.259 e. The highest BCUT2D eigenvalue weighted by Gasteiger charge is 2.18. The molecule has 0 bridgehead atoms. The van der Waals surface area contributed by atoms with Crippen LogP contribution in [0.3, 0.4) is 0 Å². The topological polar surface area (TPSA) is 58.1 Å². The smallest absolute Gasteiger partial charge is 0.259 e. The first-order valence-electron chi connectivity index (χ1n) is 7.78. The van der Waals surface area contributed by atoms with E-state index in [1.54, 1.807) is 18.2 Å². The van der Waals surface area contributed by atoms with E-state index in [2.05, 4.69) is 27.3 Å². The summed E-state index contributed by atoms with van der Waals surface area (Å²) in [6.07, 6.45) is 2.38. The largest absolute Gasteiger partial charge is 0.355 e. The summed E-state index contributed by atoms with van der Waals surface area (Å²) in [5.41, 5.74) is -0.0109. The van der Waals surface area contributed by atoms with Crippen LogP contribution in [0.4, 0.5) is 16.0 Å². The van der Waals surface area contributed by atoms with Gasteiger partial charge in [-0.1, -0.05) is 19.1 Å². The van der Waals surface area contributed by atoms with Gasteiger partial charge in [0.2, 0.25) is 0 Å². The molecule has 5 nitrogen and oxygen atoms in total. The molecule has 0 radical (unpaired) electrons. The van der Waals surface area contributed by atoms with Gasteiger partial charge in [0, 0.05) is 13.1 Å². The normalized spacial score (nSPS) is 17.8. The van der Waals surface area contributed by atoms with E-state index >= 15 is 0 Å². The third kappa shape index (κ3) is 3.64. The van der Waals surface area contributed by atoms with Gasteiger partial charge in [0.05, 0.1) is 5.56 Å². The SMILES string of the molecule is CC1CCCN(c2ccc(NC(=O)c3ccccc3F)nn2)C1. The average Bonchev–Trinajstić information content (AvgIpc) is 2.56. The van der Waals surface area contributed by atoms with Crippen molar-refractivity contribution in [1.82, 2.24) is 10.2 Å². The summed E-state index contributed by atoms with van der Waals surface area (Å²) in [4.78, 5) is 14.2. The number of carbonyl (C=O) groups excluding carboxylic acids is 1. The summed E-state index contributed by atoms with van der Waals surface area (Å²) < 4.78 is 13.6. The molecule has 1 unspecified atom stereocenters. The lowest BCUT2D eigenvalue weighted by molar-refractivity contribution is 0.102. The van der Waals surface area contributed by atoms with Gasteiger partial charge in [-0.3, -0.25) is 4.79 Å². The molecule has 2 aromatic rings. The molecular weight excluding hydrogens is 295 g/mol. The summed E-state index contributed by atoms with van der Waals surface area (Å²) in [5, 5.41) is 10.8. The van der Waals surface area contributed by atoms with Crippen LogP contribution in [0.2, 0.25) is 0 Å². The van der Waals surface area contributed by atoms with Crippen molar-refractivity contribution in [3.05, 3.63) is 47.8 Å². The third-order valence-electron chi connectivity index (χ3n) is 3.99. The zero-order valence-corrected chi connectivity index (χ0v) is 13.0. The number of aromatic nitrogens is 2. The predicted molar refractivity (Wildman–Crippen MR) is 87.0 cm³/mol. The molecule has 120 valence electrons. The Morgan fingerprint density at radius 2 is 2.09 bits per heavy atom. The third-order valence-corrected chi connectivity index (χ3v) is 3.99. The molecule has 1 saturated heterocycles. The van der Waals surface area contributed by atoms with E-state index in [-0.39, 0.29) is 5.56 Å². The highest BCUT2D eigenvalue weighted by Crippen LogP contribution is 2.21. The number of carbonyl (C=O) groups is 1. The second kappa shape index (κ2) is 6.73. The first-order chi connectivity index (χ1) is 11.1. The van der Waals surface area contributed by atoms with E-state index in [0.717, 1.165) is 25.3 Å². The molecule has 23 heavy (non-hydrogen) atoms. The van der Waals surface area contributed by atoms with Crippen LogP contribution in [0.15, 0.2) is 36.4 Å². The molecule has 3 rings (SSSR count). The molecule has 0 saturated carbocycles. The van der Waals surface area contributed by atoms with Gasteiger partial charge in [0.1, 0.15) is 5.82 Å². The van der Waals surface area contributed by atoms with Crippen LogP contribution in [0.1, 0.15) is 30.1 Å². The Morgan fingerprint density at radius 1 is 1.26 bits per heavy atom. The van der Waals surface area contributed by atoms with Crippen LogP contribution in [-0.4, -0.2) is 29.2 Å². The lowest BCUT2D eigenvalue weighted by Crippen LogP contribution is -2.34. The van der Waals surface area contributed by atoms with Gasteiger partial charge in [-0.2, -0.15) is 0 Å². The average molecular weight is 314 g/mol. The molecule has 0 spiro atoms. The first-order valence-corrected chi connectivity index (χ1v) is 7.78. The van der Waals surface area contributed by atoms with Crippen molar-refractivity contribution in [2.24, 2.45) is 5.92 Å². The number of hydrogen-bond donors (Lipinski definition) is 1. The summed E-state index contributed by atoms with van der Waals surface area (Å²) in [7, 11) is 0. The number of amides is 1. The van der Waals surface area contributed by atoms with E-state index in [4.69, 9.17) is 0 Å². The van der Waals surface area contributed by atoms with Crippen LogP contribution in [0.5, 0.6) is 0 Å². The van der Waals surface area contributed by atoms with E-state index < -0.39 is 11.7 Å². The second-order valence-electron chi connectivity index (χ2n) is 5.90. The fraction of sp³-hybridized carbons (Fsp3) is 0.353. The van der Waals surface area contributed by atoms with Crippen molar-refractivity contribution >= 4 is 17.5 Å². The summed E-state index contributed by atoms with van der Waals surface area (Å²) in [5.74, 6) is 0.673. The number of hydrogen-bond acceptors (Lipinski definition) is 4. The quantitative estimate of drug-likeness (QED) is 0.946. The Hall–Kier alpha value is -2.50. The van der Waals surface area contributed by atoms with Crippen LogP contribution in [0, 0.1) is 11.7 Å². The standard InChI is InChI=1S/C17H19FN4O/c1-12-5-4-10-22(11-12)16-9-8-15(20-21-16)19-17(23)13-6-2-3-7-14(13)18/h2-3,6-9,12H,4-5,10-11H2,1H3,(H,19,20,23). The minimum atomic E-state index is -0.558. The van der Waals surface area contributed by atoms with Crippen molar-refractivity contribution in [2.45, 2.75) is 19.8 Å². The van der Waals surface area contributed by atoms with Gasteiger partial charge >= 0.3 is 0 Å². The maximum atomic E-state index is 13.6. The molecular formula is C17H19FN4O. The number of anilines is 2. The van der Waals surface area contributed by atoms with Gasteiger partial charge in [0.25, 0.3) is 5.91 Å². The lowest BCUT2D eigenvalue weighted by Gasteiger charge is -2.31. The van der Waals surface area contributed by atoms with Crippen LogP contribution < -0.4 is 10.2 Å². The number of piperidine rings is 1.